The van der Waals surface area contributed by atoms with E-state index in [9.17, 15) is 14.4 Å². The minimum absolute atomic E-state index is 0.229. The van der Waals surface area contributed by atoms with Gasteiger partial charge in [-0.1, -0.05) is 0 Å². The van der Waals surface area contributed by atoms with Gasteiger partial charge in [0.05, 0.1) is 10.9 Å². The summed E-state index contributed by atoms with van der Waals surface area (Å²) in [7, 11) is 1.69. The van der Waals surface area contributed by atoms with Gasteiger partial charge in [-0.3, -0.25) is 19.4 Å². The average molecular weight is 467 g/mol. The van der Waals surface area contributed by atoms with Crippen LogP contribution in [0, 0.1) is 6.92 Å². The molecule has 1 amide bonds. The second kappa shape index (κ2) is 9.36. The number of nitrogens with zero attached hydrogens (tertiary/aromatic N) is 2. The van der Waals surface area contributed by atoms with Crippen molar-refractivity contribution in [1.29, 1.82) is 0 Å². The highest BCUT2D eigenvalue weighted by Crippen LogP contribution is 2.41. The second-order valence-corrected chi connectivity index (χ2v) is 10.7. The van der Waals surface area contributed by atoms with Crippen LogP contribution in [0.4, 0.5) is 4.79 Å². The molecule has 0 radical (unpaired) electrons. The summed E-state index contributed by atoms with van der Waals surface area (Å²) in [6.07, 6.45) is 3.66. The molecule has 0 unspecified atom stereocenters. The highest BCUT2D eigenvalue weighted by molar-refractivity contribution is 7.18. The van der Waals surface area contributed by atoms with Gasteiger partial charge in [0.25, 0.3) is 5.56 Å². The number of hydrogen-bond acceptors (Lipinski definition) is 7. The molecular weight excluding hydrogens is 432 g/mol. The molecule has 3 heterocycles. The Hall–Kier alpha value is -2.17. The SMILES string of the molecule is C1CCOC1.Cc1c(CNNC(=O)OC(C)(C)C)sc2c1c(=O)n(C1(C)CC1)c(=O)n2C. The molecule has 10 heteroatoms. The van der Waals surface area contributed by atoms with E-state index in [2.05, 4.69) is 10.9 Å². The number of hydrazine groups is 1. The van der Waals surface area contributed by atoms with Gasteiger partial charge in [0.15, 0.2) is 0 Å². The summed E-state index contributed by atoms with van der Waals surface area (Å²) in [6.45, 7) is 11.5. The normalized spacial score (nSPS) is 17.1. The molecule has 0 aromatic carbocycles. The Bertz CT molecular complexity index is 1090. The summed E-state index contributed by atoms with van der Waals surface area (Å²) in [5.74, 6) is 0. The van der Waals surface area contributed by atoms with E-state index >= 15 is 0 Å². The van der Waals surface area contributed by atoms with Gasteiger partial charge in [0.2, 0.25) is 0 Å². The Morgan fingerprint density at radius 3 is 2.34 bits per heavy atom. The first-order valence-electron chi connectivity index (χ1n) is 11.0. The van der Waals surface area contributed by atoms with Crippen LogP contribution in [0.15, 0.2) is 9.59 Å². The second-order valence-electron chi connectivity index (χ2n) is 9.61. The monoisotopic (exact) mass is 466 g/mol. The number of thiophene rings is 1. The fourth-order valence-electron chi connectivity index (χ4n) is 3.53. The van der Waals surface area contributed by atoms with E-state index in [4.69, 9.17) is 9.47 Å². The topological polar surface area (TPSA) is 104 Å². The maximum Gasteiger partial charge on any atom is 0.422 e. The van der Waals surface area contributed by atoms with Gasteiger partial charge in [-0.2, -0.15) is 0 Å². The van der Waals surface area contributed by atoms with E-state index in [1.165, 1.54) is 28.7 Å². The number of aryl methyl sites for hydroxylation is 2. The fourth-order valence-corrected chi connectivity index (χ4v) is 4.72. The third-order valence-electron chi connectivity index (χ3n) is 5.61. The molecule has 2 aromatic heterocycles. The van der Waals surface area contributed by atoms with Crippen LogP contribution in [0.5, 0.6) is 0 Å². The third-order valence-corrected chi connectivity index (χ3v) is 6.97. The minimum atomic E-state index is -0.582. The number of amides is 1. The van der Waals surface area contributed by atoms with Crippen LogP contribution >= 0.6 is 11.3 Å². The molecule has 1 aliphatic carbocycles. The molecule has 2 N–H and O–H groups in total. The standard InChI is InChI=1S/C18H26N4O4S.C4H8O/c1-10-11(9-19-20-15(24)26-17(2,3)4)27-14-12(10)13(23)22(16(25)21(14)6)18(5)7-8-18;1-2-4-5-3-1/h19H,7-9H2,1-6H3,(H,20,24);1-4H2. The zero-order valence-corrected chi connectivity index (χ0v) is 20.6. The van der Waals surface area contributed by atoms with Crippen molar-refractivity contribution in [3.63, 3.8) is 0 Å². The van der Waals surface area contributed by atoms with Crippen LogP contribution in [-0.4, -0.2) is 34.0 Å². The van der Waals surface area contributed by atoms with Gasteiger partial charge in [0, 0.05) is 31.7 Å². The van der Waals surface area contributed by atoms with Gasteiger partial charge in [-0.25, -0.2) is 15.0 Å². The number of aromatic nitrogens is 2. The predicted molar refractivity (Wildman–Crippen MR) is 125 cm³/mol. The first-order valence-corrected chi connectivity index (χ1v) is 11.8. The summed E-state index contributed by atoms with van der Waals surface area (Å²) in [5.41, 5.74) is 4.68. The lowest BCUT2D eigenvalue weighted by Gasteiger charge is -2.19. The van der Waals surface area contributed by atoms with Crippen molar-refractivity contribution >= 4 is 27.6 Å². The molecule has 0 bridgehead atoms. The van der Waals surface area contributed by atoms with Crippen molar-refractivity contribution in [2.45, 2.75) is 78.0 Å². The molecule has 2 aromatic rings. The van der Waals surface area contributed by atoms with Crippen molar-refractivity contribution in [3.05, 3.63) is 31.3 Å². The van der Waals surface area contributed by atoms with Crippen LogP contribution in [-0.2, 0) is 28.6 Å². The summed E-state index contributed by atoms with van der Waals surface area (Å²) in [4.78, 5) is 39.0. The number of carbonyl (C=O) groups excluding carboxylic acids is 1. The Morgan fingerprint density at radius 2 is 1.84 bits per heavy atom. The maximum atomic E-state index is 13.0. The van der Waals surface area contributed by atoms with Crippen molar-refractivity contribution < 1.29 is 14.3 Å². The van der Waals surface area contributed by atoms with E-state index in [0.717, 1.165) is 36.5 Å². The Kier molecular flexibility index (Phi) is 7.16. The van der Waals surface area contributed by atoms with Gasteiger partial charge in [-0.05, 0) is 65.9 Å². The summed E-state index contributed by atoms with van der Waals surface area (Å²) < 4.78 is 13.1. The summed E-state index contributed by atoms with van der Waals surface area (Å²) in [6, 6.07) is 0. The largest absolute Gasteiger partial charge is 0.443 e. The highest BCUT2D eigenvalue weighted by atomic mass is 32.1. The number of rotatable bonds is 4. The molecule has 2 aliphatic rings. The first kappa shape index (κ1) is 24.5. The van der Waals surface area contributed by atoms with Crippen molar-refractivity contribution in [2.75, 3.05) is 13.2 Å². The molecule has 178 valence electrons. The van der Waals surface area contributed by atoms with E-state index in [1.54, 1.807) is 32.4 Å². The van der Waals surface area contributed by atoms with Crippen LogP contribution in [0.25, 0.3) is 10.2 Å². The Balaban J connectivity index is 0.000000509. The van der Waals surface area contributed by atoms with Crippen LogP contribution in [0.3, 0.4) is 0 Å². The van der Waals surface area contributed by atoms with E-state index in [0.29, 0.717) is 16.8 Å². The molecule has 4 rings (SSSR count). The number of ether oxygens (including phenoxy) is 2. The number of fused-ring (bicyclic) bond motifs is 1. The van der Waals surface area contributed by atoms with Gasteiger partial charge >= 0.3 is 11.8 Å². The Morgan fingerprint density at radius 1 is 1.22 bits per heavy atom. The summed E-state index contributed by atoms with van der Waals surface area (Å²) in [5, 5.41) is 0.573. The molecular formula is C22H34N4O5S. The van der Waals surface area contributed by atoms with E-state index in [1.807, 2.05) is 13.8 Å². The Labute approximate surface area is 191 Å². The lowest BCUT2D eigenvalue weighted by atomic mass is 10.2. The third kappa shape index (κ3) is 5.41. The quantitative estimate of drug-likeness (QED) is 0.672. The molecule has 9 nitrogen and oxygen atoms in total. The van der Waals surface area contributed by atoms with Crippen molar-refractivity contribution in [2.24, 2.45) is 7.05 Å². The van der Waals surface area contributed by atoms with Crippen LogP contribution in [0.1, 0.15) is 63.8 Å². The molecule has 1 aliphatic heterocycles. The number of nitrogens with one attached hydrogen (secondary N) is 2. The predicted octanol–water partition coefficient (Wildman–Crippen LogP) is 2.91. The van der Waals surface area contributed by atoms with Gasteiger partial charge < -0.3 is 9.47 Å². The first-order chi connectivity index (χ1) is 14.9. The number of carbonyl (C=O) groups is 1. The van der Waals surface area contributed by atoms with Crippen LogP contribution < -0.4 is 22.1 Å². The molecule has 2 fully saturated rings. The van der Waals surface area contributed by atoms with Crippen molar-refractivity contribution in [3.8, 4) is 0 Å². The van der Waals surface area contributed by atoms with E-state index < -0.39 is 11.7 Å². The fraction of sp³-hybridized carbons (Fsp3) is 0.682. The van der Waals surface area contributed by atoms with Gasteiger partial charge in [0.1, 0.15) is 10.4 Å². The highest BCUT2D eigenvalue weighted by Gasteiger charge is 2.42. The smallest absolute Gasteiger partial charge is 0.422 e. The zero-order valence-electron chi connectivity index (χ0n) is 19.8. The maximum absolute atomic E-state index is 13.0. The summed E-state index contributed by atoms with van der Waals surface area (Å²) >= 11 is 1.38. The molecule has 1 saturated carbocycles. The van der Waals surface area contributed by atoms with Gasteiger partial charge in [-0.15, -0.1) is 11.3 Å². The van der Waals surface area contributed by atoms with E-state index in [-0.39, 0.29) is 16.8 Å². The molecule has 0 spiro atoms. The number of hydrogen-bond donors (Lipinski definition) is 2. The average Bonchev–Trinajstić information content (AvgIpc) is 3.10. The minimum Gasteiger partial charge on any atom is -0.443 e. The molecule has 0 atom stereocenters. The lowest BCUT2D eigenvalue weighted by Crippen LogP contribution is -2.43. The zero-order chi connectivity index (χ0) is 23.7. The van der Waals surface area contributed by atoms with Crippen LogP contribution in [0.2, 0.25) is 0 Å². The molecule has 1 saturated heterocycles. The van der Waals surface area contributed by atoms with Crippen molar-refractivity contribution in [1.82, 2.24) is 20.0 Å². The lowest BCUT2D eigenvalue weighted by molar-refractivity contribution is 0.0497. The molecule has 32 heavy (non-hydrogen) atoms.